The van der Waals surface area contributed by atoms with Gasteiger partial charge in [-0.3, -0.25) is 0 Å². The lowest BCUT2D eigenvalue weighted by molar-refractivity contribution is 0.582. The van der Waals surface area contributed by atoms with Gasteiger partial charge in [0, 0.05) is 31.2 Å². The van der Waals surface area contributed by atoms with Crippen molar-refractivity contribution in [3.8, 4) is 0 Å². The number of fused-ring (bicyclic) bond motifs is 1. The van der Waals surface area contributed by atoms with Crippen molar-refractivity contribution in [1.82, 2.24) is 15.0 Å². The van der Waals surface area contributed by atoms with E-state index in [0.29, 0.717) is 12.5 Å². The van der Waals surface area contributed by atoms with Gasteiger partial charge in [0.25, 0.3) is 0 Å². The highest BCUT2D eigenvalue weighted by atomic mass is 32.3. The van der Waals surface area contributed by atoms with Crippen molar-refractivity contribution in [2.75, 3.05) is 46.3 Å². The molecule has 1 aromatic carbocycles. The Kier molecular flexibility index (Phi) is 5.46. The molecule has 5 rings (SSSR count). The number of anilines is 2. The van der Waals surface area contributed by atoms with Gasteiger partial charge >= 0.3 is 0 Å². The highest BCUT2D eigenvalue weighted by Gasteiger charge is 2.31. The zero-order valence-electron chi connectivity index (χ0n) is 17.2. The molecule has 7 heteroatoms. The summed E-state index contributed by atoms with van der Waals surface area (Å²) >= 11 is 0. The molecular weight excluding hydrogens is 397 g/mol. The van der Waals surface area contributed by atoms with Crippen LogP contribution in [0.3, 0.4) is 0 Å². The molecule has 2 saturated heterocycles. The Labute approximate surface area is 178 Å². The van der Waals surface area contributed by atoms with E-state index in [-0.39, 0.29) is 0 Å². The minimum Gasteiger partial charge on any atom is -0.355 e. The smallest absolute Gasteiger partial charge is 0.225 e. The maximum atomic E-state index is 13.1. The summed E-state index contributed by atoms with van der Waals surface area (Å²) in [4.78, 5) is 15.9. The van der Waals surface area contributed by atoms with Crippen LogP contribution >= 0.6 is 10.0 Å². The zero-order valence-corrected chi connectivity index (χ0v) is 18.0. The van der Waals surface area contributed by atoms with Crippen LogP contribution in [-0.4, -0.2) is 51.1 Å². The fourth-order valence-corrected chi connectivity index (χ4v) is 8.90. The summed E-state index contributed by atoms with van der Waals surface area (Å²) in [5, 5.41) is 4.42. The van der Waals surface area contributed by atoms with E-state index in [1.54, 1.807) is 12.3 Å². The Hall–Kier alpha value is -2.41. The molecule has 1 N–H and O–H groups in total. The van der Waals surface area contributed by atoms with Crippen molar-refractivity contribution in [2.45, 2.75) is 25.8 Å². The lowest BCUT2D eigenvalue weighted by Crippen LogP contribution is -2.28. The number of rotatable bonds is 4. The predicted molar refractivity (Wildman–Crippen MR) is 124 cm³/mol. The Balaban J connectivity index is 1.41. The average molecular weight is 426 g/mol. The molecule has 0 unspecified atom stereocenters. The maximum absolute atomic E-state index is 13.1. The largest absolute Gasteiger partial charge is 0.355 e. The van der Waals surface area contributed by atoms with Crippen molar-refractivity contribution < 1.29 is 4.39 Å². The summed E-state index contributed by atoms with van der Waals surface area (Å²) in [5.41, 5.74) is 1.85. The molecule has 2 fully saturated rings. The molecule has 0 radical (unpaired) electrons. The molecule has 2 aliphatic rings. The number of pyridine rings is 1. The molecule has 0 amide bonds. The second-order valence-electron chi connectivity index (χ2n) is 8.32. The monoisotopic (exact) mass is 425 g/mol. The Morgan fingerprint density at radius 3 is 2.60 bits per heavy atom. The number of nitrogens with one attached hydrogen (secondary N) is 1. The van der Waals surface area contributed by atoms with Crippen LogP contribution in [0.1, 0.15) is 24.8 Å². The maximum Gasteiger partial charge on any atom is 0.225 e. The minimum absolute atomic E-state index is 0.391. The number of para-hydroxylation sites is 1. The first-order valence-electron chi connectivity index (χ1n) is 10.8. The fraction of sp³-hybridized carbons (Fsp3) is 0.435. The molecular formula is C23H28FN5S. The van der Waals surface area contributed by atoms with Gasteiger partial charge < -0.3 is 10.2 Å². The highest BCUT2D eigenvalue weighted by Crippen LogP contribution is 2.55. The van der Waals surface area contributed by atoms with Gasteiger partial charge in [-0.25, -0.2) is 20.0 Å². The van der Waals surface area contributed by atoms with E-state index < -0.39 is 16.0 Å². The first kappa shape index (κ1) is 19.5. The van der Waals surface area contributed by atoms with Crippen LogP contribution in [0.4, 0.5) is 16.2 Å². The molecule has 3 aromatic rings. The van der Waals surface area contributed by atoms with Gasteiger partial charge in [-0.1, -0.05) is 18.2 Å². The number of nitrogens with zero attached hydrogens (tertiary/aromatic N) is 4. The number of halogens is 1. The minimum atomic E-state index is -0.466. The summed E-state index contributed by atoms with van der Waals surface area (Å²) < 4.78 is 13.1. The van der Waals surface area contributed by atoms with Crippen LogP contribution in [0, 0.1) is 5.95 Å². The topological polar surface area (TPSA) is 53.9 Å². The molecule has 158 valence electrons. The second-order valence-corrected chi connectivity index (χ2v) is 12.4. The van der Waals surface area contributed by atoms with Crippen molar-refractivity contribution in [1.29, 1.82) is 0 Å². The fourth-order valence-electron chi connectivity index (χ4n) is 4.69. The first-order chi connectivity index (χ1) is 14.7. The Bertz CT molecular complexity index is 1020. The van der Waals surface area contributed by atoms with Crippen molar-refractivity contribution in [2.24, 2.45) is 0 Å². The summed E-state index contributed by atoms with van der Waals surface area (Å²) in [6, 6.07) is 11.4. The third-order valence-electron chi connectivity index (χ3n) is 6.33. The van der Waals surface area contributed by atoms with E-state index in [4.69, 9.17) is 9.97 Å². The standard InChI is InChI=1S/C23H28FN5S/c24-21-9-8-18(16-25-21)17-26-23-27-20-7-2-1-6-19(20)22(28-23)29-10-5-14-30(15-11-29)12-3-4-13-30/h1-2,6-9,16H,3-5,10-15,17H2,(H,26,27,28). The van der Waals surface area contributed by atoms with Crippen LogP contribution < -0.4 is 10.2 Å². The van der Waals surface area contributed by atoms with E-state index >= 15 is 0 Å². The number of hydrogen-bond acceptors (Lipinski definition) is 5. The van der Waals surface area contributed by atoms with Crippen LogP contribution in [0.5, 0.6) is 0 Å². The molecule has 4 heterocycles. The molecule has 0 bridgehead atoms. The summed E-state index contributed by atoms with van der Waals surface area (Å²) in [6.07, 6.45) is 5.66. The van der Waals surface area contributed by atoms with Crippen molar-refractivity contribution in [3.63, 3.8) is 0 Å². The molecule has 0 saturated carbocycles. The van der Waals surface area contributed by atoms with Gasteiger partial charge in [0.2, 0.25) is 11.9 Å². The summed E-state index contributed by atoms with van der Waals surface area (Å²) in [6.45, 7) is 2.67. The van der Waals surface area contributed by atoms with Gasteiger partial charge in [-0.05, 0) is 66.0 Å². The first-order valence-corrected chi connectivity index (χ1v) is 13.1. The van der Waals surface area contributed by atoms with Gasteiger partial charge in [-0.2, -0.15) is 9.37 Å². The van der Waals surface area contributed by atoms with Crippen LogP contribution in [0.2, 0.25) is 0 Å². The van der Waals surface area contributed by atoms with Gasteiger partial charge in [0.15, 0.2) is 0 Å². The van der Waals surface area contributed by atoms with Gasteiger partial charge in [0.05, 0.1) is 5.52 Å². The zero-order chi connectivity index (χ0) is 20.4. The number of benzene rings is 1. The molecule has 30 heavy (non-hydrogen) atoms. The quantitative estimate of drug-likeness (QED) is 0.620. The van der Waals surface area contributed by atoms with Gasteiger partial charge in [-0.15, -0.1) is 0 Å². The molecule has 5 nitrogen and oxygen atoms in total. The third kappa shape index (κ3) is 4.08. The Morgan fingerprint density at radius 1 is 0.933 bits per heavy atom. The average Bonchev–Trinajstić information content (AvgIpc) is 3.13. The SMILES string of the molecule is Fc1ccc(CNc2nc(N3CCCS4(CCCC4)CC3)c3ccccc3n2)cn1. The second kappa shape index (κ2) is 8.38. The van der Waals surface area contributed by atoms with Crippen LogP contribution in [0.25, 0.3) is 10.9 Å². The molecule has 0 aliphatic carbocycles. The third-order valence-corrected chi connectivity index (χ3v) is 10.8. The van der Waals surface area contributed by atoms with E-state index in [1.807, 2.05) is 12.1 Å². The number of hydrogen-bond donors (Lipinski definition) is 1. The number of aromatic nitrogens is 3. The predicted octanol–water partition coefficient (Wildman–Crippen LogP) is 4.58. The Morgan fingerprint density at radius 2 is 1.77 bits per heavy atom. The molecule has 1 spiro atoms. The lowest BCUT2D eigenvalue weighted by Gasteiger charge is -2.34. The molecule has 2 aromatic heterocycles. The van der Waals surface area contributed by atoms with E-state index in [0.717, 1.165) is 35.4 Å². The molecule has 2 aliphatic heterocycles. The summed E-state index contributed by atoms with van der Waals surface area (Å²) in [7, 11) is -0.391. The van der Waals surface area contributed by atoms with E-state index in [9.17, 15) is 4.39 Å². The lowest BCUT2D eigenvalue weighted by atomic mass is 10.2. The van der Waals surface area contributed by atoms with Crippen LogP contribution in [0.15, 0.2) is 42.6 Å². The van der Waals surface area contributed by atoms with E-state index in [1.165, 1.54) is 48.3 Å². The highest BCUT2D eigenvalue weighted by molar-refractivity contribution is 8.33. The molecule has 0 atom stereocenters. The van der Waals surface area contributed by atoms with Crippen LogP contribution in [-0.2, 0) is 6.54 Å². The van der Waals surface area contributed by atoms with Crippen molar-refractivity contribution >= 4 is 32.7 Å². The van der Waals surface area contributed by atoms with Gasteiger partial charge in [0.1, 0.15) is 5.82 Å². The summed E-state index contributed by atoms with van der Waals surface area (Å²) in [5.74, 6) is 6.90. The van der Waals surface area contributed by atoms with E-state index in [2.05, 4.69) is 27.3 Å². The normalized spacial score (nSPS) is 19.7. The van der Waals surface area contributed by atoms with Crippen molar-refractivity contribution in [3.05, 3.63) is 54.1 Å².